The van der Waals surface area contributed by atoms with Gasteiger partial charge in [0.25, 0.3) is 0 Å². The molecule has 0 radical (unpaired) electrons. The van der Waals surface area contributed by atoms with Crippen LogP contribution in [0.4, 0.5) is 4.79 Å². The maximum atomic E-state index is 13.0. The van der Waals surface area contributed by atoms with Gasteiger partial charge in [-0.05, 0) is 222 Å². The highest BCUT2D eigenvalue weighted by Gasteiger charge is 2.32. The van der Waals surface area contributed by atoms with Crippen LogP contribution in [0.25, 0.3) is 51.1 Å². The Kier molecular flexibility index (Phi) is 34.8. The number of carbonyl (C=O) groups excluding carboxylic acids is 6. The molecule has 144 heavy (non-hydrogen) atoms. The van der Waals surface area contributed by atoms with Gasteiger partial charge in [0.1, 0.15) is 29.8 Å². The van der Waals surface area contributed by atoms with Gasteiger partial charge in [0, 0.05) is 230 Å². The van der Waals surface area contributed by atoms with Gasteiger partial charge in [-0.1, -0.05) is 30.3 Å². The van der Waals surface area contributed by atoms with Crippen molar-refractivity contribution in [2.45, 2.75) is 158 Å². The van der Waals surface area contributed by atoms with E-state index >= 15 is 0 Å². The zero-order valence-electron chi connectivity index (χ0n) is 84.3. The van der Waals surface area contributed by atoms with Gasteiger partial charge in [0.05, 0.1) is 86.3 Å². The molecule has 4 saturated heterocycles. The highest BCUT2D eigenvalue weighted by atomic mass is 32.1. The second kappa shape index (κ2) is 48.0. The Morgan fingerprint density at radius 1 is 0.396 bits per heavy atom. The minimum Gasteiger partial charge on any atom is -0.481 e. The lowest BCUT2D eigenvalue weighted by Crippen LogP contribution is -2.42. The minimum absolute atomic E-state index is 0.000674. The van der Waals surface area contributed by atoms with Crippen LogP contribution in [0.15, 0.2) is 183 Å². The summed E-state index contributed by atoms with van der Waals surface area (Å²) in [7, 11) is 11.0. The molecule has 1 amide bonds. The average Bonchev–Trinajstić information content (AvgIpc) is 1.79. The van der Waals surface area contributed by atoms with Gasteiger partial charge < -0.3 is 80.0 Å². The number of ether oxygens (including phenoxy) is 10. The van der Waals surface area contributed by atoms with Crippen LogP contribution in [0, 0.1) is 46.5 Å². The van der Waals surface area contributed by atoms with Crippen molar-refractivity contribution < 1.29 is 76.1 Å². The van der Waals surface area contributed by atoms with Crippen LogP contribution in [-0.2, 0) is 63.0 Å². The van der Waals surface area contributed by atoms with Crippen LogP contribution >= 0.6 is 56.7 Å². The summed E-state index contributed by atoms with van der Waals surface area (Å²) in [6.07, 6.45) is 15.3. The van der Waals surface area contributed by atoms with E-state index in [0.29, 0.717) is 111 Å². The maximum absolute atomic E-state index is 13.0. The van der Waals surface area contributed by atoms with E-state index in [9.17, 15) is 28.8 Å². The quantitative estimate of drug-likeness (QED) is 0.0273. The largest absolute Gasteiger partial charge is 0.481 e. The molecule has 4 aliphatic heterocycles. The molecule has 0 aliphatic carbocycles. The number of aryl methyl sites for hydroxylation is 5. The van der Waals surface area contributed by atoms with Gasteiger partial charge in [-0.2, -0.15) is 0 Å². The number of nitrogens with zero attached hydrogens (tertiary/aromatic N) is 13. The number of rotatable bonds is 33. The monoisotopic (exact) mass is 2040 g/mol. The molecule has 2 unspecified atom stereocenters. The standard InChI is InChI=1S/C28H31N3O3S.C25H31N3O4S.C20H23N3O2S.C19H20N2O3S.C18H20N2O4S/c1-20-15-23-16-25(27(32)22-10-11-26(33-2)29-17-22)35-28(23)31(20)14-13-30-12-6-9-24(30)19-34-18-21-7-4-3-5-8-21;1-16-12-19-13-20(22(29)18-6-7-21(31-5)26-14-18)33-23(19)28(16)15-17-8-10-27(11-9-17)24(30)32-25(2,3)4;1-14-11-16-12-17(19(24)15-5-6-18(25-2)21-13-15)26-20(16)23(14)10-9-22-7-3-4-8-22;1-12-7-15-8-16(18(22)14-3-4-17(23-2)20-9-14)25-19(15)21(12)10-13-5-6-24-11-13;1-11-7-13-8-14(17(21)12-5-6-15(22-2)19-9-12)25-18(13)20(11)10-16(23-3)24-4/h3-5,7-8,10-11,15-17,24H,6,9,12-14,18-19H2,1-2H3;6-7,12-14,17H,8-11,15H2,1-5H3;5-6,11-13H,3-4,7-10H2,1-2H3;3-4,7-9,13H,5-6,10-11H2,1-2H3;5-9,16H,10H2,1-4H3. The smallest absolute Gasteiger partial charge is 0.410 e. The van der Waals surface area contributed by atoms with E-state index in [0.717, 1.165) is 151 Å². The molecule has 0 saturated carbocycles. The van der Waals surface area contributed by atoms with Crippen LogP contribution in [0.2, 0.25) is 0 Å². The van der Waals surface area contributed by atoms with Crippen LogP contribution < -0.4 is 23.7 Å². The first-order valence-corrected chi connectivity index (χ1v) is 52.6. The van der Waals surface area contributed by atoms with Gasteiger partial charge >= 0.3 is 6.09 Å². The second-order valence-electron chi connectivity index (χ2n) is 37.4. The van der Waals surface area contributed by atoms with Crippen molar-refractivity contribution in [1.29, 1.82) is 0 Å². The number of thiophene rings is 5. The van der Waals surface area contributed by atoms with Crippen molar-refractivity contribution in [3.8, 4) is 29.4 Å². The molecule has 15 aromatic heterocycles. The average molecular weight is 2050 g/mol. The van der Waals surface area contributed by atoms with Gasteiger partial charge in [-0.25, -0.2) is 29.7 Å². The van der Waals surface area contributed by atoms with E-state index in [1.807, 2.05) is 69.0 Å². The maximum Gasteiger partial charge on any atom is 0.410 e. The first-order chi connectivity index (χ1) is 69.6. The Morgan fingerprint density at radius 3 is 1.11 bits per heavy atom. The number of ketones is 5. The predicted molar refractivity (Wildman–Crippen MR) is 567 cm³/mol. The molecule has 0 N–H and O–H groups in total. The summed E-state index contributed by atoms with van der Waals surface area (Å²) >= 11 is 7.69. The zero-order chi connectivity index (χ0) is 101. The Balaban J connectivity index is 0.000000130. The number of likely N-dealkylation sites (tertiary alicyclic amines) is 3. The first kappa shape index (κ1) is 104. The Labute approximate surface area is 858 Å². The Hall–Kier alpha value is -12.5. The fourth-order valence-electron chi connectivity index (χ4n) is 18.6. The molecular formula is C110H125N13O16S5. The highest BCUT2D eigenvalue weighted by Crippen LogP contribution is 2.39. The number of carbonyl (C=O) groups is 6. The SMILES string of the molecule is COc1ccc(C(=O)c2cc3cc(C)n(CC(OC)OC)c3s2)cn1.COc1ccc(C(=O)c2cc3cc(C)n(CC4CCN(C(=O)OC(C)(C)C)CC4)c3s2)cn1.COc1ccc(C(=O)c2cc3cc(C)n(CC4CCOC4)c3s2)cn1.COc1ccc(C(=O)c2cc3cc(C)n(CCN4CCCC4)c3s2)cn1.COc1ccc(C(=O)c2cc3cc(C)n(CCN4CCCC4COCc4ccccc4)c3s2)cn1. The topological polar surface area (TPSA) is 294 Å². The number of pyridine rings is 5. The van der Waals surface area contributed by atoms with Crippen molar-refractivity contribution >= 4 is 143 Å². The van der Waals surface area contributed by atoms with E-state index in [4.69, 9.17) is 47.4 Å². The molecule has 20 rings (SSSR count). The van der Waals surface area contributed by atoms with Crippen LogP contribution in [-0.4, -0.2) is 231 Å². The number of amides is 1. The van der Waals surface area contributed by atoms with E-state index in [1.165, 1.54) is 101 Å². The molecule has 34 heteroatoms. The van der Waals surface area contributed by atoms with Crippen molar-refractivity contribution in [3.05, 3.63) is 269 Å². The molecule has 0 spiro atoms. The molecule has 4 fully saturated rings. The molecule has 19 heterocycles. The van der Waals surface area contributed by atoms with Gasteiger partial charge in [0.15, 0.2) is 6.29 Å². The predicted octanol–water partition coefficient (Wildman–Crippen LogP) is 21.3. The lowest BCUT2D eigenvalue weighted by Gasteiger charge is -2.33. The van der Waals surface area contributed by atoms with Gasteiger partial charge in [0.2, 0.25) is 58.3 Å². The summed E-state index contributed by atoms with van der Waals surface area (Å²) in [5.74, 6) is 3.49. The lowest BCUT2D eigenvalue weighted by atomic mass is 9.97. The van der Waals surface area contributed by atoms with Crippen molar-refractivity contribution in [1.82, 2.24) is 62.5 Å². The van der Waals surface area contributed by atoms with E-state index in [1.54, 1.807) is 169 Å². The fourth-order valence-corrected chi connectivity index (χ4v) is 24.4. The normalized spacial score (nSPS) is 15.1. The highest BCUT2D eigenvalue weighted by molar-refractivity contribution is 7.22. The first-order valence-electron chi connectivity index (χ1n) is 48.6. The van der Waals surface area contributed by atoms with E-state index < -0.39 is 5.60 Å². The molecule has 4 aliphatic rings. The molecule has 2 atom stereocenters. The lowest BCUT2D eigenvalue weighted by molar-refractivity contribution is -0.110. The van der Waals surface area contributed by atoms with Crippen LogP contribution in [0.5, 0.6) is 29.4 Å². The molecule has 1 aromatic carbocycles. The van der Waals surface area contributed by atoms with E-state index in [2.05, 4.69) is 140 Å². The molecule has 0 bridgehead atoms. The fraction of sp³-hybridized carbons (Fsp3) is 0.391. The number of piperidine rings is 1. The van der Waals surface area contributed by atoms with Crippen LogP contribution in [0.1, 0.15) is 176 Å². The summed E-state index contributed by atoms with van der Waals surface area (Å²) < 4.78 is 64.4. The van der Waals surface area contributed by atoms with Crippen molar-refractivity contribution in [2.75, 3.05) is 115 Å². The third kappa shape index (κ3) is 25.4. The summed E-state index contributed by atoms with van der Waals surface area (Å²) in [6, 6.07) is 48.8. The van der Waals surface area contributed by atoms with Crippen molar-refractivity contribution in [3.63, 3.8) is 0 Å². The Bertz CT molecular complexity index is 6940. The summed E-state index contributed by atoms with van der Waals surface area (Å²) in [4.78, 5) is 113. The molecule has 29 nitrogen and oxygen atoms in total. The third-order valence-corrected chi connectivity index (χ3v) is 32.3. The molecule has 756 valence electrons. The summed E-state index contributed by atoms with van der Waals surface area (Å²) in [6.45, 7) is 30.6. The van der Waals surface area contributed by atoms with Crippen molar-refractivity contribution in [2.24, 2.45) is 11.8 Å². The number of fused-ring (bicyclic) bond motifs is 5. The third-order valence-electron chi connectivity index (χ3n) is 26.4. The second-order valence-corrected chi connectivity index (χ2v) is 42.6. The summed E-state index contributed by atoms with van der Waals surface area (Å²) in [5.41, 5.74) is 9.61. The number of hydrogen-bond acceptors (Lipinski definition) is 28. The van der Waals surface area contributed by atoms with E-state index in [-0.39, 0.29) is 41.3 Å². The molecular weight excluding hydrogens is 1920 g/mol. The van der Waals surface area contributed by atoms with Gasteiger partial charge in [-0.3, -0.25) is 28.9 Å². The summed E-state index contributed by atoms with van der Waals surface area (Å²) in [5, 5.41) is 5.54. The number of hydrogen-bond donors (Lipinski definition) is 0. The zero-order valence-corrected chi connectivity index (χ0v) is 88.4. The van der Waals surface area contributed by atoms with Crippen LogP contribution in [0.3, 0.4) is 0 Å². The number of benzene rings is 1. The number of aromatic nitrogens is 10. The Morgan fingerprint density at radius 2 is 0.757 bits per heavy atom. The molecule has 16 aromatic rings. The minimum atomic E-state index is -0.474. The van der Waals surface area contributed by atoms with Gasteiger partial charge in [-0.15, -0.1) is 56.7 Å². The number of methoxy groups -OCH3 is 7.